The Hall–Kier alpha value is -4.06. The molecule has 0 unspecified atom stereocenters. The molecule has 0 saturated carbocycles. The first-order chi connectivity index (χ1) is 17.5. The lowest BCUT2D eigenvalue weighted by atomic mass is 9.91. The minimum absolute atomic E-state index is 0.145. The zero-order valence-electron chi connectivity index (χ0n) is 20.7. The fourth-order valence-corrected chi connectivity index (χ4v) is 4.18. The zero-order chi connectivity index (χ0) is 27.3. The van der Waals surface area contributed by atoms with Crippen LogP contribution in [0.25, 0.3) is 5.57 Å². The van der Waals surface area contributed by atoms with Crippen LogP contribution in [0.1, 0.15) is 39.7 Å². The number of anilines is 1. The normalized spacial score (nSPS) is 25.5. The molecule has 0 aromatic heterocycles. The van der Waals surface area contributed by atoms with Crippen molar-refractivity contribution in [2.24, 2.45) is 0 Å². The summed E-state index contributed by atoms with van der Waals surface area (Å²) in [4.78, 5) is 72.5. The third-order valence-electron chi connectivity index (χ3n) is 5.50. The Kier molecular flexibility index (Phi) is 8.77. The third kappa shape index (κ3) is 7.00. The van der Waals surface area contributed by atoms with Gasteiger partial charge < -0.3 is 29.0 Å². The lowest BCUT2D eigenvalue weighted by Gasteiger charge is -2.44. The molecule has 0 bridgehead atoms. The van der Waals surface area contributed by atoms with E-state index < -0.39 is 79.1 Å². The standard InChI is InChI=1S/C25H27NO11/c1-12(27)33-11-21-23(35-14(3)29)24(36-15(4)30)22(34-13(2)28)20(37-21)10-16(31)9-18-17-7-5-6-8-19(17)26-25(18)32/h5-9,20-24H,10-11H2,1-4H3,(H,26,32)/b18-9-/t20-,21+,22-,23+,24+/m0/s1. The Morgan fingerprint density at radius 1 is 0.838 bits per heavy atom. The van der Waals surface area contributed by atoms with Crippen molar-refractivity contribution in [1.82, 2.24) is 0 Å². The van der Waals surface area contributed by atoms with Gasteiger partial charge in [-0.05, 0) is 12.1 Å². The van der Waals surface area contributed by atoms with Gasteiger partial charge in [0.2, 0.25) is 0 Å². The maximum absolute atomic E-state index is 13.1. The SMILES string of the molecule is CC(=O)OC[C@H]1O[C@@H](CC(=O)/C=C2\C(=O)Nc3ccccc32)[C@H](OC(C)=O)[C@@H](OC(C)=O)[C@@H]1OC(C)=O. The second-order valence-corrected chi connectivity index (χ2v) is 8.47. The van der Waals surface area contributed by atoms with E-state index in [9.17, 15) is 28.8 Å². The summed E-state index contributed by atoms with van der Waals surface area (Å²) in [6.45, 7) is 4.08. The van der Waals surface area contributed by atoms with E-state index in [0.717, 1.165) is 33.8 Å². The summed E-state index contributed by atoms with van der Waals surface area (Å²) < 4.78 is 27.0. The molecule has 12 nitrogen and oxygen atoms in total. The van der Waals surface area contributed by atoms with Crippen molar-refractivity contribution in [2.75, 3.05) is 11.9 Å². The highest BCUT2D eigenvalue weighted by atomic mass is 16.7. The van der Waals surface area contributed by atoms with Gasteiger partial charge in [0.1, 0.15) is 18.8 Å². The molecule has 3 rings (SSSR count). The summed E-state index contributed by atoms with van der Waals surface area (Å²) in [5, 5.41) is 2.66. The molecule has 198 valence electrons. The smallest absolute Gasteiger partial charge is 0.303 e. The summed E-state index contributed by atoms with van der Waals surface area (Å²) in [6.07, 6.45) is -5.67. The monoisotopic (exact) mass is 517 g/mol. The van der Waals surface area contributed by atoms with Crippen LogP contribution in [0.4, 0.5) is 5.69 Å². The average Bonchev–Trinajstić information content (AvgIpc) is 3.10. The van der Waals surface area contributed by atoms with E-state index in [1.807, 2.05) is 0 Å². The molecular weight excluding hydrogens is 490 g/mol. The van der Waals surface area contributed by atoms with Gasteiger partial charge >= 0.3 is 23.9 Å². The van der Waals surface area contributed by atoms with Crippen molar-refractivity contribution in [3.05, 3.63) is 35.9 Å². The molecule has 1 aromatic rings. The first-order valence-corrected chi connectivity index (χ1v) is 11.4. The lowest BCUT2D eigenvalue weighted by Crippen LogP contribution is -2.62. The number of carbonyl (C=O) groups excluding carboxylic acids is 6. The molecule has 1 N–H and O–H groups in total. The quantitative estimate of drug-likeness (QED) is 0.299. The van der Waals surface area contributed by atoms with E-state index in [0.29, 0.717) is 11.3 Å². The van der Waals surface area contributed by atoms with Gasteiger partial charge in [0.25, 0.3) is 5.91 Å². The molecule has 1 fully saturated rings. The molecule has 0 aliphatic carbocycles. The van der Waals surface area contributed by atoms with E-state index in [1.54, 1.807) is 24.3 Å². The summed E-state index contributed by atoms with van der Waals surface area (Å²) in [7, 11) is 0. The third-order valence-corrected chi connectivity index (χ3v) is 5.50. The van der Waals surface area contributed by atoms with Gasteiger partial charge in [-0.25, -0.2) is 0 Å². The van der Waals surface area contributed by atoms with Crippen molar-refractivity contribution in [3.63, 3.8) is 0 Å². The predicted octanol–water partition coefficient (Wildman–Crippen LogP) is 1.11. The van der Waals surface area contributed by atoms with Crippen LogP contribution in [0.2, 0.25) is 0 Å². The topological polar surface area (TPSA) is 161 Å². The molecule has 37 heavy (non-hydrogen) atoms. The van der Waals surface area contributed by atoms with Crippen LogP contribution in [0.3, 0.4) is 0 Å². The van der Waals surface area contributed by atoms with E-state index in [1.165, 1.54) is 0 Å². The summed E-state index contributed by atoms with van der Waals surface area (Å²) in [5.74, 6) is -3.98. The number of benzene rings is 1. The Morgan fingerprint density at radius 2 is 1.41 bits per heavy atom. The second-order valence-electron chi connectivity index (χ2n) is 8.47. The molecule has 1 aromatic carbocycles. The van der Waals surface area contributed by atoms with E-state index in [4.69, 9.17) is 23.7 Å². The number of amides is 1. The second kappa shape index (κ2) is 11.8. The largest absolute Gasteiger partial charge is 0.463 e. The fourth-order valence-electron chi connectivity index (χ4n) is 4.18. The Morgan fingerprint density at radius 3 is 2.00 bits per heavy atom. The van der Waals surface area contributed by atoms with Crippen LogP contribution in [-0.2, 0) is 52.5 Å². The highest BCUT2D eigenvalue weighted by Gasteiger charge is 2.52. The van der Waals surface area contributed by atoms with E-state index >= 15 is 0 Å². The number of hydrogen-bond acceptors (Lipinski definition) is 11. The van der Waals surface area contributed by atoms with Gasteiger partial charge in [-0.15, -0.1) is 0 Å². The lowest BCUT2D eigenvalue weighted by molar-refractivity contribution is -0.252. The van der Waals surface area contributed by atoms with Crippen molar-refractivity contribution >= 4 is 46.8 Å². The van der Waals surface area contributed by atoms with Gasteiger partial charge in [-0.3, -0.25) is 28.8 Å². The van der Waals surface area contributed by atoms with Crippen LogP contribution >= 0.6 is 0 Å². The molecule has 2 aliphatic heterocycles. The number of nitrogens with one attached hydrogen (secondary N) is 1. The summed E-state index contributed by atoms with van der Waals surface area (Å²) >= 11 is 0. The molecule has 12 heteroatoms. The maximum Gasteiger partial charge on any atom is 0.303 e. The fraction of sp³-hybridized carbons (Fsp3) is 0.440. The number of allylic oxidation sites excluding steroid dienone is 1. The number of ketones is 1. The number of carbonyl (C=O) groups is 6. The molecular formula is C25H27NO11. The van der Waals surface area contributed by atoms with Crippen LogP contribution in [0.5, 0.6) is 0 Å². The van der Waals surface area contributed by atoms with E-state index in [2.05, 4.69) is 5.32 Å². The number of fused-ring (bicyclic) bond motifs is 1. The van der Waals surface area contributed by atoms with Gasteiger partial charge in [0, 0.05) is 45.4 Å². The number of ether oxygens (including phenoxy) is 5. The number of rotatable bonds is 8. The van der Waals surface area contributed by atoms with Crippen molar-refractivity contribution < 1.29 is 52.5 Å². The van der Waals surface area contributed by atoms with Gasteiger partial charge in [-0.2, -0.15) is 0 Å². The van der Waals surface area contributed by atoms with E-state index in [-0.39, 0.29) is 5.57 Å². The van der Waals surface area contributed by atoms with Crippen molar-refractivity contribution in [2.45, 2.75) is 64.6 Å². The predicted molar refractivity (Wildman–Crippen MR) is 125 cm³/mol. The van der Waals surface area contributed by atoms with Crippen LogP contribution < -0.4 is 5.32 Å². The van der Waals surface area contributed by atoms with Crippen molar-refractivity contribution in [3.8, 4) is 0 Å². The molecule has 5 atom stereocenters. The Bertz CT molecular complexity index is 1140. The highest BCUT2D eigenvalue weighted by Crippen LogP contribution is 2.33. The zero-order valence-corrected chi connectivity index (χ0v) is 20.7. The molecule has 0 radical (unpaired) electrons. The molecule has 1 amide bonds. The summed E-state index contributed by atoms with van der Waals surface area (Å²) in [6, 6.07) is 6.83. The minimum Gasteiger partial charge on any atom is -0.463 e. The Labute approximate surface area is 212 Å². The van der Waals surface area contributed by atoms with Crippen LogP contribution in [0, 0.1) is 0 Å². The van der Waals surface area contributed by atoms with Gasteiger partial charge in [0.15, 0.2) is 24.1 Å². The first kappa shape index (κ1) is 27.5. The minimum atomic E-state index is -1.37. The van der Waals surface area contributed by atoms with Crippen molar-refractivity contribution in [1.29, 1.82) is 0 Å². The van der Waals surface area contributed by atoms with Crippen LogP contribution in [0.15, 0.2) is 30.3 Å². The average molecular weight is 517 g/mol. The Balaban J connectivity index is 1.95. The molecule has 2 heterocycles. The van der Waals surface area contributed by atoms with Crippen LogP contribution in [-0.4, -0.2) is 72.7 Å². The maximum atomic E-state index is 13.1. The number of hydrogen-bond donors (Lipinski definition) is 1. The number of para-hydroxylation sites is 1. The molecule has 1 saturated heterocycles. The van der Waals surface area contributed by atoms with Gasteiger partial charge in [-0.1, -0.05) is 18.2 Å². The molecule has 2 aliphatic rings. The first-order valence-electron chi connectivity index (χ1n) is 11.4. The van der Waals surface area contributed by atoms with Gasteiger partial charge in [0.05, 0.1) is 5.57 Å². The highest BCUT2D eigenvalue weighted by molar-refractivity contribution is 6.34. The number of esters is 4. The summed E-state index contributed by atoms with van der Waals surface area (Å²) in [5.41, 5.74) is 1.24. The molecule has 0 spiro atoms.